The van der Waals surface area contributed by atoms with Gasteiger partial charge in [0.15, 0.2) is 0 Å². The number of hydrogen-bond donors (Lipinski definition) is 2. The summed E-state index contributed by atoms with van der Waals surface area (Å²) in [6, 6.07) is 13.0. The Bertz CT molecular complexity index is 729. The number of benzene rings is 2. The third kappa shape index (κ3) is 3.99. The smallest absolute Gasteiger partial charge is 0.317 e. The summed E-state index contributed by atoms with van der Waals surface area (Å²) in [5, 5.41) is 6.03. The number of aryl methyl sites for hydroxylation is 1. The van der Waals surface area contributed by atoms with E-state index >= 15 is 0 Å². The number of hydrogen-bond acceptors (Lipinski definition) is 3. The zero-order valence-electron chi connectivity index (χ0n) is 11.8. The second kappa shape index (κ2) is 7.12. The highest BCUT2D eigenvalue weighted by atomic mass is 19.1. The molecule has 2 N–H and O–H groups in total. The molecular weight excluding hydrogens is 285 g/mol. The van der Waals surface area contributed by atoms with Crippen molar-refractivity contribution in [1.29, 1.82) is 0 Å². The second-order valence-corrected chi connectivity index (χ2v) is 4.49. The van der Waals surface area contributed by atoms with E-state index in [0.717, 1.165) is 11.8 Å². The van der Waals surface area contributed by atoms with E-state index in [1.807, 2.05) is 24.5 Å². The summed E-state index contributed by atoms with van der Waals surface area (Å²) < 4.78 is 13.3. The van der Waals surface area contributed by atoms with Crippen molar-refractivity contribution >= 4 is 23.7 Å². The second-order valence-electron chi connectivity index (χ2n) is 4.49. The number of amides is 2. The molecule has 5 nitrogen and oxygen atoms in total. The van der Waals surface area contributed by atoms with E-state index < -0.39 is 17.6 Å². The summed E-state index contributed by atoms with van der Waals surface area (Å²) in [5.41, 5.74) is 3.63. The number of anilines is 1. The average molecular weight is 299 g/mol. The highest BCUT2D eigenvalue weighted by Crippen LogP contribution is 2.12. The summed E-state index contributed by atoms with van der Waals surface area (Å²) in [6.07, 6.45) is 1.13. The minimum absolute atomic E-state index is 0.210. The first kappa shape index (κ1) is 15.4. The molecule has 0 atom stereocenters. The van der Waals surface area contributed by atoms with E-state index in [1.165, 1.54) is 12.1 Å². The van der Waals surface area contributed by atoms with Crippen LogP contribution in [0.25, 0.3) is 0 Å². The highest BCUT2D eigenvalue weighted by molar-refractivity contribution is 6.39. The lowest BCUT2D eigenvalue weighted by atomic mass is 10.2. The fraction of sp³-hybridized carbons (Fsp3) is 0.0625. The van der Waals surface area contributed by atoms with Crippen LogP contribution in [-0.4, -0.2) is 18.0 Å². The predicted octanol–water partition coefficient (Wildman–Crippen LogP) is 2.22. The average Bonchev–Trinajstić information content (AvgIpc) is 2.51. The van der Waals surface area contributed by atoms with Gasteiger partial charge < -0.3 is 5.32 Å². The Morgan fingerprint density at radius 1 is 1.05 bits per heavy atom. The van der Waals surface area contributed by atoms with Gasteiger partial charge in [-0.25, -0.2) is 9.82 Å². The maximum atomic E-state index is 13.3. The lowest BCUT2D eigenvalue weighted by Crippen LogP contribution is -2.32. The SMILES string of the molecule is Cc1ccccc1NC(=O)C(=O)N/N=C/c1ccccc1F. The fourth-order valence-corrected chi connectivity index (χ4v) is 1.68. The van der Waals surface area contributed by atoms with Crippen molar-refractivity contribution in [1.82, 2.24) is 5.43 Å². The van der Waals surface area contributed by atoms with Gasteiger partial charge in [0, 0.05) is 11.3 Å². The van der Waals surface area contributed by atoms with Crippen LogP contribution in [0.15, 0.2) is 53.6 Å². The van der Waals surface area contributed by atoms with Crippen molar-refractivity contribution in [3.05, 3.63) is 65.5 Å². The number of hydrazone groups is 1. The molecule has 0 spiro atoms. The topological polar surface area (TPSA) is 70.6 Å². The summed E-state index contributed by atoms with van der Waals surface area (Å²) >= 11 is 0. The summed E-state index contributed by atoms with van der Waals surface area (Å²) in [4.78, 5) is 23.3. The Morgan fingerprint density at radius 3 is 2.45 bits per heavy atom. The first-order chi connectivity index (χ1) is 10.6. The van der Waals surface area contributed by atoms with Crippen molar-refractivity contribution in [2.75, 3.05) is 5.32 Å². The van der Waals surface area contributed by atoms with E-state index in [0.29, 0.717) is 5.69 Å². The van der Waals surface area contributed by atoms with Gasteiger partial charge in [0.05, 0.1) is 6.21 Å². The number of para-hydroxylation sites is 1. The molecule has 0 heterocycles. The van der Waals surface area contributed by atoms with Gasteiger partial charge in [0.1, 0.15) is 5.82 Å². The van der Waals surface area contributed by atoms with E-state index in [1.54, 1.807) is 24.3 Å². The first-order valence-electron chi connectivity index (χ1n) is 6.52. The van der Waals surface area contributed by atoms with E-state index in [4.69, 9.17) is 0 Å². The van der Waals surface area contributed by atoms with E-state index in [2.05, 4.69) is 10.4 Å². The predicted molar refractivity (Wildman–Crippen MR) is 81.9 cm³/mol. The number of nitrogens with zero attached hydrogens (tertiary/aromatic N) is 1. The molecule has 0 radical (unpaired) electrons. The normalized spacial score (nSPS) is 10.5. The molecule has 112 valence electrons. The molecule has 0 aliphatic heterocycles. The Kier molecular flexibility index (Phi) is 4.98. The van der Waals surface area contributed by atoms with Crippen molar-refractivity contribution in [3.8, 4) is 0 Å². The Morgan fingerprint density at radius 2 is 1.73 bits per heavy atom. The Hall–Kier alpha value is -3.02. The third-order valence-electron chi connectivity index (χ3n) is 2.87. The Balaban J connectivity index is 1.94. The molecule has 22 heavy (non-hydrogen) atoms. The number of carbonyl (C=O) groups excluding carboxylic acids is 2. The number of nitrogens with one attached hydrogen (secondary N) is 2. The van der Waals surface area contributed by atoms with Gasteiger partial charge in [-0.15, -0.1) is 0 Å². The molecule has 0 saturated heterocycles. The summed E-state index contributed by atoms with van der Waals surface area (Å²) in [6.45, 7) is 1.81. The number of halogens is 1. The minimum atomic E-state index is -0.934. The zero-order valence-corrected chi connectivity index (χ0v) is 11.8. The van der Waals surface area contributed by atoms with Gasteiger partial charge in [-0.2, -0.15) is 5.10 Å². The van der Waals surface area contributed by atoms with Crippen LogP contribution in [0.1, 0.15) is 11.1 Å². The molecule has 2 aromatic carbocycles. The number of carbonyl (C=O) groups is 2. The molecule has 0 aliphatic carbocycles. The number of rotatable bonds is 3. The third-order valence-corrected chi connectivity index (χ3v) is 2.87. The van der Waals surface area contributed by atoms with Crippen molar-refractivity contribution < 1.29 is 14.0 Å². The molecule has 6 heteroatoms. The largest absolute Gasteiger partial charge is 0.329 e. The van der Waals surface area contributed by atoms with Crippen LogP contribution in [0.2, 0.25) is 0 Å². The van der Waals surface area contributed by atoms with Gasteiger partial charge >= 0.3 is 11.8 Å². The summed E-state index contributed by atoms with van der Waals surface area (Å²) in [7, 11) is 0. The standard InChI is InChI=1S/C16H14FN3O2/c1-11-6-2-5-9-14(11)19-15(21)16(22)20-18-10-12-7-3-4-8-13(12)17/h2-10H,1H3,(H,19,21)(H,20,22)/b18-10+. The highest BCUT2D eigenvalue weighted by Gasteiger charge is 2.13. The van der Waals surface area contributed by atoms with E-state index in [-0.39, 0.29) is 5.56 Å². The quantitative estimate of drug-likeness (QED) is 0.518. The van der Waals surface area contributed by atoms with Gasteiger partial charge in [-0.05, 0) is 24.6 Å². The van der Waals surface area contributed by atoms with Gasteiger partial charge in [0.2, 0.25) is 0 Å². The van der Waals surface area contributed by atoms with E-state index in [9.17, 15) is 14.0 Å². The van der Waals surface area contributed by atoms with Crippen molar-refractivity contribution in [2.45, 2.75) is 6.92 Å². The zero-order chi connectivity index (χ0) is 15.9. The lowest BCUT2D eigenvalue weighted by Gasteiger charge is -2.06. The van der Waals surface area contributed by atoms with Crippen LogP contribution in [0.3, 0.4) is 0 Å². The molecule has 0 aliphatic rings. The van der Waals surface area contributed by atoms with Gasteiger partial charge in [-0.3, -0.25) is 9.59 Å². The summed E-state index contributed by atoms with van der Waals surface area (Å²) in [5.74, 6) is -2.25. The van der Waals surface area contributed by atoms with Crippen LogP contribution in [0, 0.1) is 12.7 Å². The monoisotopic (exact) mass is 299 g/mol. The van der Waals surface area contributed by atoms with Gasteiger partial charge in [-0.1, -0.05) is 36.4 Å². The molecule has 0 aromatic heterocycles. The molecule has 0 unspecified atom stereocenters. The maximum Gasteiger partial charge on any atom is 0.329 e. The van der Waals surface area contributed by atoms with Crippen LogP contribution in [0.4, 0.5) is 10.1 Å². The van der Waals surface area contributed by atoms with Crippen LogP contribution >= 0.6 is 0 Å². The Labute approximate surface area is 126 Å². The molecule has 2 aromatic rings. The van der Waals surface area contributed by atoms with Crippen LogP contribution < -0.4 is 10.7 Å². The first-order valence-corrected chi connectivity index (χ1v) is 6.52. The molecule has 0 fully saturated rings. The van der Waals surface area contributed by atoms with Crippen LogP contribution in [-0.2, 0) is 9.59 Å². The molecule has 2 amide bonds. The van der Waals surface area contributed by atoms with Crippen LogP contribution in [0.5, 0.6) is 0 Å². The molecular formula is C16H14FN3O2. The molecule has 0 bridgehead atoms. The van der Waals surface area contributed by atoms with Gasteiger partial charge in [0.25, 0.3) is 0 Å². The van der Waals surface area contributed by atoms with Crippen molar-refractivity contribution in [3.63, 3.8) is 0 Å². The lowest BCUT2D eigenvalue weighted by molar-refractivity contribution is -0.136. The molecule has 2 rings (SSSR count). The maximum absolute atomic E-state index is 13.3. The fourth-order valence-electron chi connectivity index (χ4n) is 1.68. The molecule has 0 saturated carbocycles. The minimum Gasteiger partial charge on any atom is -0.317 e. The van der Waals surface area contributed by atoms with Crippen molar-refractivity contribution in [2.24, 2.45) is 5.10 Å².